The summed E-state index contributed by atoms with van der Waals surface area (Å²) < 4.78 is 14.1. The van der Waals surface area contributed by atoms with E-state index in [1.54, 1.807) is 19.9 Å². The Kier molecular flexibility index (Phi) is 5.04. The molecule has 0 aromatic heterocycles. The average molecular weight is 358 g/mol. The fraction of sp³-hybridized carbons (Fsp3) is 0.562. The maximum absolute atomic E-state index is 13.6. The second kappa shape index (κ2) is 6.44. The Morgan fingerprint density at radius 1 is 1.52 bits per heavy atom. The van der Waals surface area contributed by atoms with Gasteiger partial charge in [-0.1, -0.05) is 12.1 Å². The topological polar surface area (TPSA) is 40.5 Å². The largest absolute Gasteiger partial charge is 0.481 e. The number of carbonyl (C=O) groups is 1. The van der Waals surface area contributed by atoms with Crippen molar-refractivity contribution in [2.45, 2.75) is 33.2 Å². The minimum Gasteiger partial charge on any atom is -0.481 e. The van der Waals surface area contributed by atoms with Crippen molar-refractivity contribution in [2.75, 3.05) is 13.1 Å². The number of likely N-dealkylation sites (tertiary alicyclic amines) is 1. The summed E-state index contributed by atoms with van der Waals surface area (Å²) in [4.78, 5) is 13.6. The van der Waals surface area contributed by atoms with Crippen molar-refractivity contribution in [3.05, 3.63) is 34.1 Å². The van der Waals surface area contributed by atoms with Gasteiger partial charge in [-0.3, -0.25) is 9.69 Å². The van der Waals surface area contributed by atoms with E-state index in [1.807, 2.05) is 6.07 Å². The number of carboxylic acids is 1. The molecule has 1 fully saturated rings. The molecule has 0 saturated carbocycles. The van der Waals surface area contributed by atoms with Crippen LogP contribution in [0.1, 0.15) is 32.3 Å². The molecule has 0 amide bonds. The number of nitrogens with zero attached hydrogens (tertiary/aromatic N) is 1. The van der Waals surface area contributed by atoms with E-state index in [0.29, 0.717) is 11.0 Å². The summed E-state index contributed by atoms with van der Waals surface area (Å²) in [5.74, 6) is -0.885. The Morgan fingerprint density at radius 3 is 2.90 bits per heavy atom. The molecule has 1 unspecified atom stereocenters. The summed E-state index contributed by atoms with van der Waals surface area (Å²) in [7, 11) is 0. The van der Waals surface area contributed by atoms with Gasteiger partial charge in [0.15, 0.2) is 0 Å². The number of rotatable bonds is 4. The molecular formula is C16H21BrFNO2. The molecule has 1 saturated heterocycles. The van der Waals surface area contributed by atoms with Gasteiger partial charge in [0.05, 0.1) is 9.89 Å². The van der Waals surface area contributed by atoms with Gasteiger partial charge in [-0.2, -0.15) is 0 Å². The molecule has 1 N–H and O–H groups in total. The number of aliphatic carboxylic acids is 1. The van der Waals surface area contributed by atoms with Crippen molar-refractivity contribution < 1.29 is 14.3 Å². The molecule has 2 rings (SSSR count). The maximum atomic E-state index is 13.6. The van der Waals surface area contributed by atoms with E-state index in [-0.39, 0.29) is 11.7 Å². The predicted molar refractivity (Wildman–Crippen MR) is 83.5 cm³/mol. The molecule has 1 aromatic rings. The first-order valence-corrected chi connectivity index (χ1v) is 8.00. The molecule has 0 radical (unpaired) electrons. The van der Waals surface area contributed by atoms with Gasteiger partial charge in [-0.25, -0.2) is 4.39 Å². The van der Waals surface area contributed by atoms with Crippen LogP contribution < -0.4 is 0 Å². The van der Waals surface area contributed by atoms with Crippen molar-refractivity contribution >= 4 is 21.9 Å². The third kappa shape index (κ3) is 3.64. The van der Waals surface area contributed by atoms with E-state index >= 15 is 0 Å². The molecule has 1 aliphatic heterocycles. The van der Waals surface area contributed by atoms with Crippen LogP contribution in [0.2, 0.25) is 0 Å². The Morgan fingerprint density at radius 2 is 2.24 bits per heavy atom. The third-order valence-electron chi connectivity index (χ3n) is 4.50. The summed E-state index contributed by atoms with van der Waals surface area (Å²) in [6.07, 6.45) is 1.91. The van der Waals surface area contributed by atoms with Gasteiger partial charge < -0.3 is 5.11 Å². The Balaban J connectivity index is 2.08. The standard InChI is InChI=1S/C16H21BrFNO2/c1-16(2,15(20)21)12-6-4-8-19(10-12)9-11-5-3-7-13(18)14(11)17/h3,5,7,12H,4,6,8-10H2,1-2H3,(H,20,21). The van der Waals surface area contributed by atoms with E-state index in [0.717, 1.165) is 31.5 Å². The van der Waals surface area contributed by atoms with Gasteiger partial charge in [-0.05, 0) is 66.7 Å². The number of halogens is 2. The molecule has 3 nitrogen and oxygen atoms in total. The fourth-order valence-electron chi connectivity index (χ4n) is 2.87. The van der Waals surface area contributed by atoms with Crippen molar-refractivity contribution in [3.63, 3.8) is 0 Å². The Hall–Kier alpha value is -0.940. The first-order valence-electron chi connectivity index (χ1n) is 7.21. The lowest BCUT2D eigenvalue weighted by Gasteiger charge is -2.39. The highest BCUT2D eigenvalue weighted by Crippen LogP contribution is 2.35. The predicted octanol–water partition coefficient (Wildman–Crippen LogP) is 3.91. The van der Waals surface area contributed by atoms with Gasteiger partial charge in [0.25, 0.3) is 0 Å². The zero-order chi connectivity index (χ0) is 15.6. The van der Waals surface area contributed by atoms with Crippen molar-refractivity contribution in [3.8, 4) is 0 Å². The highest BCUT2D eigenvalue weighted by molar-refractivity contribution is 9.10. The van der Waals surface area contributed by atoms with Crippen LogP contribution in [0.4, 0.5) is 4.39 Å². The molecule has 1 aromatic carbocycles. The lowest BCUT2D eigenvalue weighted by atomic mass is 9.74. The normalized spacial score (nSPS) is 20.5. The summed E-state index contributed by atoms with van der Waals surface area (Å²) in [5, 5.41) is 9.37. The molecule has 5 heteroatoms. The van der Waals surface area contributed by atoms with E-state index in [4.69, 9.17) is 0 Å². The molecule has 1 heterocycles. The summed E-state index contributed by atoms with van der Waals surface area (Å²) in [5.41, 5.74) is 0.182. The molecular weight excluding hydrogens is 337 g/mol. The van der Waals surface area contributed by atoms with Crippen LogP contribution in [0.3, 0.4) is 0 Å². The van der Waals surface area contributed by atoms with Gasteiger partial charge >= 0.3 is 5.97 Å². The van der Waals surface area contributed by atoms with Gasteiger partial charge in [0.2, 0.25) is 0 Å². The smallest absolute Gasteiger partial charge is 0.309 e. The summed E-state index contributed by atoms with van der Waals surface area (Å²) in [6.45, 7) is 5.89. The van der Waals surface area contributed by atoms with Gasteiger partial charge in [-0.15, -0.1) is 0 Å². The number of benzene rings is 1. The van der Waals surface area contributed by atoms with Crippen LogP contribution >= 0.6 is 15.9 Å². The van der Waals surface area contributed by atoms with Crippen LogP contribution in [-0.4, -0.2) is 29.1 Å². The van der Waals surface area contributed by atoms with E-state index < -0.39 is 11.4 Å². The van der Waals surface area contributed by atoms with E-state index in [2.05, 4.69) is 20.8 Å². The number of carboxylic acid groups (broad SMARTS) is 1. The highest BCUT2D eigenvalue weighted by atomic mass is 79.9. The second-order valence-corrected chi connectivity index (χ2v) is 7.11. The first-order chi connectivity index (χ1) is 9.82. The minimum absolute atomic E-state index is 0.121. The van der Waals surface area contributed by atoms with Gasteiger partial charge in [0, 0.05) is 13.1 Å². The minimum atomic E-state index is -0.749. The Labute approximate surface area is 133 Å². The number of hydrogen-bond donors (Lipinski definition) is 1. The SMILES string of the molecule is CC(C)(C(=O)O)C1CCCN(Cc2cccc(F)c2Br)C1. The number of piperidine rings is 1. The molecule has 1 atom stereocenters. The van der Waals surface area contributed by atoms with Crippen molar-refractivity contribution in [1.82, 2.24) is 4.90 Å². The monoisotopic (exact) mass is 357 g/mol. The third-order valence-corrected chi connectivity index (χ3v) is 5.39. The zero-order valence-corrected chi connectivity index (χ0v) is 14.0. The Bertz CT molecular complexity index is 533. The molecule has 0 spiro atoms. The molecule has 0 aliphatic carbocycles. The molecule has 116 valence electrons. The number of hydrogen-bond acceptors (Lipinski definition) is 2. The lowest BCUT2D eigenvalue weighted by molar-refractivity contribution is -0.151. The van der Waals surface area contributed by atoms with Crippen LogP contribution in [0, 0.1) is 17.2 Å². The van der Waals surface area contributed by atoms with Gasteiger partial charge in [0.1, 0.15) is 5.82 Å². The molecule has 0 bridgehead atoms. The first kappa shape index (κ1) is 16.4. The van der Waals surface area contributed by atoms with Crippen LogP contribution in [-0.2, 0) is 11.3 Å². The van der Waals surface area contributed by atoms with Crippen molar-refractivity contribution in [2.24, 2.45) is 11.3 Å². The van der Waals surface area contributed by atoms with Crippen LogP contribution in [0.25, 0.3) is 0 Å². The van der Waals surface area contributed by atoms with E-state index in [9.17, 15) is 14.3 Å². The van der Waals surface area contributed by atoms with Crippen LogP contribution in [0.15, 0.2) is 22.7 Å². The summed E-state index contributed by atoms with van der Waals surface area (Å²) >= 11 is 3.29. The van der Waals surface area contributed by atoms with E-state index in [1.165, 1.54) is 6.07 Å². The van der Waals surface area contributed by atoms with Crippen LogP contribution in [0.5, 0.6) is 0 Å². The molecule has 1 aliphatic rings. The van der Waals surface area contributed by atoms with Crippen molar-refractivity contribution in [1.29, 1.82) is 0 Å². The highest BCUT2D eigenvalue weighted by Gasteiger charge is 2.39. The lowest BCUT2D eigenvalue weighted by Crippen LogP contribution is -2.44. The average Bonchev–Trinajstić information content (AvgIpc) is 2.44. The summed E-state index contributed by atoms with van der Waals surface area (Å²) in [6, 6.07) is 5.04. The fourth-order valence-corrected chi connectivity index (χ4v) is 3.26. The zero-order valence-electron chi connectivity index (χ0n) is 12.4. The molecule has 21 heavy (non-hydrogen) atoms. The quantitative estimate of drug-likeness (QED) is 0.887. The maximum Gasteiger partial charge on any atom is 0.309 e. The second-order valence-electron chi connectivity index (χ2n) is 6.31.